The highest BCUT2D eigenvalue weighted by Gasteiger charge is 2.03. The van der Waals surface area contributed by atoms with Crippen LogP contribution in [0.3, 0.4) is 0 Å². The number of nitrogens with zero attached hydrogens (tertiary/aromatic N) is 1. The first kappa shape index (κ1) is 13.6. The van der Waals surface area contributed by atoms with Gasteiger partial charge in [0, 0.05) is 30.0 Å². The van der Waals surface area contributed by atoms with Crippen LogP contribution in [0.25, 0.3) is 10.8 Å². The molecule has 0 bridgehead atoms. The lowest BCUT2D eigenvalue weighted by Gasteiger charge is -2.11. The first-order valence-corrected chi connectivity index (χ1v) is 7.39. The van der Waals surface area contributed by atoms with Crippen LogP contribution in [-0.4, -0.2) is 4.98 Å². The first-order valence-electron chi connectivity index (χ1n) is 7.39. The van der Waals surface area contributed by atoms with Crippen molar-refractivity contribution in [2.75, 3.05) is 5.32 Å². The number of fused-ring (bicyclic) bond motifs is 1. The Labute approximate surface area is 125 Å². The number of hydrogen-bond acceptors (Lipinski definition) is 2. The van der Waals surface area contributed by atoms with Crippen molar-refractivity contribution in [1.82, 2.24) is 4.98 Å². The van der Waals surface area contributed by atoms with Crippen molar-refractivity contribution in [3.05, 3.63) is 72.1 Å². The SMILES string of the molecule is CC(C)c1cccc(NCc2cncc3ccccc23)c1. The molecule has 1 aromatic heterocycles. The maximum absolute atomic E-state index is 4.33. The molecular formula is C19H20N2. The zero-order chi connectivity index (χ0) is 14.7. The summed E-state index contributed by atoms with van der Waals surface area (Å²) in [5, 5.41) is 5.96. The van der Waals surface area contributed by atoms with E-state index in [2.05, 4.69) is 66.6 Å². The Bertz CT molecular complexity index is 742. The number of aromatic nitrogens is 1. The minimum Gasteiger partial charge on any atom is -0.381 e. The van der Waals surface area contributed by atoms with Crippen LogP contribution in [0.4, 0.5) is 5.69 Å². The van der Waals surface area contributed by atoms with Gasteiger partial charge in [-0.3, -0.25) is 4.98 Å². The molecule has 0 saturated carbocycles. The monoisotopic (exact) mass is 276 g/mol. The van der Waals surface area contributed by atoms with Crippen molar-refractivity contribution < 1.29 is 0 Å². The van der Waals surface area contributed by atoms with Gasteiger partial charge >= 0.3 is 0 Å². The van der Waals surface area contributed by atoms with Gasteiger partial charge in [0.25, 0.3) is 0 Å². The molecule has 0 radical (unpaired) electrons. The van der Waals surface area contributed by atoms with Crippen molar-refractivity contribution in [3.8, 4) is 0 Å². The lowest BCUT2D eigenvalue weighted by atomic mass is 10.0. The lowest BCUT2D eigenvalue weighted by Crippen LogP contribution is -2.01. The third-order valence-electron chi connectivity index (χ3n) is 3.79. The summed E-state index contributed by atoms with van der Waals surface area (Å²) < 4.78 is 0. The van der Waals surface area contributed by atoms with Gasteiger partial charge in [-0.15, -0.1) is 0 Å². The summed E-state index contributed by atoms with van der Waals surface area (Å²) >= 11 is 0. The summed E-state index contributed by atoms with van der Waals surface area (Å²) in [5.74, 6) is 0.547. The zero-order valence-electron chi connectivity index (χ0n) is 12.5. The topological polar surface area (TPSA) is 24.9 Å². The number of nitrogens with one attached hydrogen (secondary N) is 1. The molecule has 106 valence electrons. The first-order chi connectivity index (χ1) is 10.2. The molecule has 1 N–H and O–H groups in total. The minimum atomic E-state index is 0.547. The Morgan fingerprint density at radius 2 is 1.86 bits per heavy atom. The number of anilines is 1. The quantitative estimate of drug-likeness (QED) is 0.727. The average Bonchev–Trinajstić information content (AvgIpc) is 2.53. The zero-order valence-corrected chi connectivity index (χ0v) is 12.5. The highest BCUT2D eigenvalue weighted by atomic mass is 14.9. The summed E-state index contributed by atoms with van der Waals surface area (Å²) in [4.78, 5) is 4.33. The lowest BCUT2D eigenvalue weighted by molar-refractivity contribution is 0.866. The maximum atomic E-state index is 4.33. The van der Waals surface area contributed by atoms with Crippen LogP contribution in [0, 0.1) is 0 Å². The molecule has 2 nitrogen and oxygen atoms in total. The van der Waals surface area contributed by atoms with Crippen LogP contribution < -0.4 is 5.32 Å². The summed E-state index contributed by atoms with van der Waals surface area (Å²) in [6, 6.07) is 17.0. The van der Waals surface area contributed by atoms with Crippen LogP contribution in [0.1, 0.15) is 30.9 Å². The van der Waals surface area contributed by atoms with E-state index in [4.69, 9.17) is 0 Å². The van der Waals surface area contributed by atoms with Crippen LogP contribution in [0.2, 0.25) is 0 Å². The third kappa shape index (κ3) is 3.05. The molecule has 0 unspecified atom stereocenters. The maximum Gasteiger partial charge on any atom is 0.0422 e. The van der Waals surface area contributed by atoms with E-state index in [-0.39, 0.29) is 0 Å². The summed E-state index contributed by atoms with van der Waals surface area (Å²) in [6.45, 7) is 5.22. The van der Waals surface area contributed by atoms with Crippen molar-refractivity contribution >= 4 is 16.5 Å². The number of benzene rings is 2. The molecule has 3 rings (SSSR count). The Morgan fingerprint density at radius 3 is 2.71 bits per heavy atom. The van der Waals surface area contributed by atoms with E-state index < -0.39 is 0 Å². The second kappa shape index (κ2) is 5.96. The van der Waals surface area contributed by atoms with E-state index in [0.29, 0.717) is 5.92 Å². The molecule has 0 fully saturated rings. The molecule has 2 heteroatoms. The summed E-state index contributed by atoms with van der Waals surface area (Å²) in [5.41, 5.74) is 3.74. The number of pyridine rings is 1. The van der Waals surface area contributed by atoms with Gasteiger partial charge in [0.05, 0.1) is 0 Å². The Kier molecular flexibility index (Phi) is 3.87. The molecule has 3 aromatic rings. The van der Waals surface area contributed by atoms with E-state index in [1.807, 2.05) is 18.5 Å². The smallest absolute Gasteiger partial charge is 0.0422 e. The van der Waals surface area contributed by atoms with Gasteiger partial charge in [-0.25, -0.2) is 0 Å². The Hall–Kier alpha value is -2.35. The minimum absolute atomic E-state index is 0.547. The molecule has 0 aliphatic carbocycles. The van der Waals surface area contributed by atoms with Gasteiger partial charge in [0.2, 0.25) is 0 Å². The standard InChI is InChI=1S/C19H20N2/c1-14(2)15-7-5-8-18(10-15)21-13-17-12-20-11-16-6-3-4-9-19(16)17/h3-12,14,21H,13H2,1-2H3. The molecule has 1 heterocycles. The molecule has 0 saturated heterocycles. The molecule has 0 aliphatic rings. The van der Waals surface area contributed by atoms with Gasteiger partial charge in [-0.05, 0) is 34.6 Å². The van der Waals surface area contributed by atoms with Crippen molar-refractivity contribution in [2.24, 2.45) is 0 Å². The second-order valence-electron chi connectivity index (χ2n) is 5.65. The predicted molar refractivity (Wildman–Crippen MR) is 89.6 cm³/mol. The normalized spacial score (nSPS) is 11.0. The van der Waals surface area contributed by atoms with Gasteiger partial charge < -0.3 is 5.32 Å². The van der Waals surface area contributed by atoms with Crippen molar-refractivity contribution in [3.63, 3.8) is 0 Å². The number of rotatable bonds is 4. The summed E-state index contributed by atoms with van der Waals surface area (Å²) in [6.07, 6.45) is 3.86. The fraction of sp³-hybridized carbons (Fsp3) is 0.211. The highest BCUT2D eigenvalue weighted by Crippen LogP contribution is 2.21. The van der Waals surface area contributed by atoms with E-state index in [9.17, 15) is 0 Å². The van der Waals surface area contributed by atoms with Crippen LogP contribution >= 0.6 is 0 Å². The van der Waals surface area contributed by atoms with Crippen LogP contribution in [0.5, 0.6) is 0 Å². The van der Waals surface area contributed by atoms with Crippen molar-refractivity contribution in [1.29, 1.82) is 0 Å². The highest BCUT2D eigenvalue weighted by molar-refractivity contribution is 5.84. The molecular weight excluding hydrogens is 256 g/mol. The van der Waals surface area contributed by atoms with E-state index >= 15 is 0 Å². The predicted octanol–water partition coefficient (Wildman–Crippen LogP) is 4.97. The molecule has 0 aliphatic heterocycles. The van der Waals surface area contributed by atoms with Gasteiger partial charge in [-0.2, -0.15) is 0 Å². The van der Waals surface area contributed by atoms with Crippen LogP contribution in [0.15, 0.2) is 60.9 Å². The molecule has 0 atom stereocenters. The molecule has 0 spiro atoms. The van der Waals surface area contributed by atoms with Gasteiger partial charge in [0.15, 0.2) is 0 Å². The van der Waals surface area contributed by atoms with E-state index in [0.717, 1.165) is 12.2 Å². The van der Waals surface area contributed by atoms with Gasteiger partial charge in [0.1, 0.15) is 0 Å². The fourth-order valence-electron chi connectivity index (χ4n) is 2.53. The molecule has 0 amide bonds. The van der Waals surface area contributed by atoms with Crippen molar-refractivity contribution in [2.45, 2.75) is 26.3 Å². The van der Waals surface area contributed by atoms with Crippen LogP contribution in [-0.2, 0) is 6.54 Å². The Morgan fingerprint density at radius 1 is 1.00 bits per heavy atom. The van der Waals surface area contributed by atoms with E-state index in [1.165, 1.54) is 21.9 Å². The molecule has 2 aromatic carbocycles. The van der Waals surface area contributed by atoms with E-state index in [1.54, 1.807) is 0 Å². The molecule has 21 heavy (non-hydrogen) atoms. The summed E-state index contributed by atoms with van der Waals surface area (Å²) in [7, 11) is 0. The number of hydrogen-bond donors (Lipinski definition) is 1. The van der Waals surface area contributed by atoms with Gasteiger partial charge in [-0.1, -0.05) is 50.2 Å². The Balaban J connectivity index is 1.82. The fourth-order valence-corrected chi connectivity index (χ4v) is 2.53. The third-order valence-corrected chi connectivity index (χ3v) is 3.79. The average molecular weight is 276 g/mol. The second-order valence-corrected chi connectivity index (χ2v) is 5.65. The largest absolute Gasteiger partial charge is 0.381 e.